The van der Waals surface area contributed by atoms with Gasteiger partial charge in [0.15, 0.2) is 11.5 Å². The molecule has 0 fully saturated rings. The molecule has 7 nitrogen and oxygen atoms in total. The molecule has 1 aliphatic heterocycles. The van der Waals surface area contributed by atoms with Crippen molar-refractivity contribution >= 4 is 11.6 Å². The monoisotopic (exact) mass is 337 g/mol. The van der Waals surface area contributed by atoms with E-state index in [0.29, 0.717) is 28.9 Å². The van der Waals surface area contributed by atoms with Gasteiger partial charge in [0, 0.05) is 23.4 Å². The number of benzene rings is 2. The first-order valence-electron chi connectivity index (χ1n) is 7.64. The highest BCUT2D eigenvalue weighted by Gasteiger charge is 2.15. The fourth-order valence-corrected chi connectivity index (χ4v) is 2.56. The zero-order valence-electron chi connectivity index (χ0n) is 13.4. The Morgan fingerprint density at radius 2 is 2.00 bits per heavy atom. The van der Waals surface area contributed by atoms with Crippen molar-refractivity contribution in [2.75, 3.05) is 19.2 Å². The molecule has 0 radical (unpaired) electrons. The Balaban J connectivity index is 1.67. The summed E-state index contributed by atoms with van der Waals surface area (Å²) in [5.74, 6) is 2.37. The highest BCUT2D eigenvalue weighted by atomic mass is 16.7. The molecule has 0 amide bonds. The van der Waals surface area contributed by atoms with Crippen LogP contribution in [-0.4, -0.2) is 23.9 Å². The number of hydrogen-bond acceptors (Lipinski definition) is 6. The molecule has 4 rings (SSSR count). The van der Waals surface area contributed by atoms with E-state index in [9.17, 15) is 4.79 Å². The number of anilines is 2. The lowest BCUT2D eigenvalue weighted by Crippen LogP contribution is -2.10. The van der Waals surface area contributed by atoms with E-state index in [-0.39, 0.29) is 12.4 Å². The number of nitrogens with zero attached hydrogens (tertiary/aromatic N) is 1. The number of hydrogen-bond donors (Lipinski definition) is 2. The third kappa shape index (κ3) is 3.12. The van der Waals surface area contributed by atoms with Crippen LogP contribution in [0.3, 0.4) is 0 Å². The topological polar surface area (TPSA) is 85.5 Å². The Morgan fingerprint density at radius 1 is 1.12 bits per heavy atom. The quantitative estimate of drug-likeness (QED) is 0.761. The molecule has 7 heteroatoms. The molecule has 126 valence electrons. The number of aromatic nitrogens is 2. The van der Waals surface area contributed by atoms with Gasteiger partial charge in [0.05, 0.1) is 12.8 Å². The molecule has 3 aromatic rings. The van der Waals surface area contributed by atoms with Gasteiger partial charge in [-0.05, 0) is 30.3 Å². The maximum Gasteiger partial charge on any atom is 0.252 e. The Morgan fingerprint density at radius 3 is 2.88 bits per heavy atom. The lowest BCUT2D eigenvalue weighted by Gasteiger charge is -2.09. The van der Waals surface area contributed by atoms with Gasteiger partial charge < -0.3 is 19.5 Å². The van der Waals surface area contributed by atoms with Gasteiger partial charge in [-0.1, -0.05) is 6.07 Å². The lowest BCUT2D eigenvalue weighted by atomic mass is 10.1. The van der Waals surface area contributed by atoms with E-state index in [1.54, 1.807) is 19.2 Å². The third-order valence-corrected chi connectivity index (χ3v) is 3.74. The van der Waals surface area contributed by atoms with Crippen LogP contribution >= 0.6 is 0 Å². The number of ether oxygens (including phenoxy) is 3. The van der Waals surface area contributed by atoms with Crippen molar-refractivity contribution in [3.05, 3.63) is 58.9 Å². The largest absolute Gasteiger partial charge is 0.497 e. The van der Waals surface area contributed by atoms with Crippen LogP contribution in [0.2, 0.25) is 0 Å². The second kappa shape index (κ2) is 6.20. The number of rotatable bonds is 4. The molecule has 0 spiro atoms. The van der Waals surface area contributed by atoms with E-state index < -0.39 is 0 Å². The summed E-state index contributed by atoms with van der Waals surface area (Å²) < 4.78 is 15.9. The Kier molecular flexibility index (Phi) is 3.74. The van der Waals surface area contributed by atoms with Crippen molar-refractivity contribution in [3.8, 4) is 28.5 Å². The molecule has 2 N–H and O–H groups in total. The number of aromatic amines is 1. The van der Waals surface area contributed by atoms with E-state index in [4.69, 9.17) is 14.2 Å². The Hall–Kier alpha value is -3.48. The first kappa shape index (κ1) is 15.1. The smallest absolute Gasteiger partial charge is 0.252 e. The molecule has 0 bridgehead atoms. The van der Waals surface area contributed by atoms with Crippen LogP contribution in [0.1, 0.15) is 0 Å². The summed E-state index contributed by atoms with van der Waals surface area (Å²) in [5.41, 5.74) is 1.80. The first-order chi connectivity index (χ1) is 12.2. The lowest BCUT2D eigenvalue weighted by molar-refractivity contribution is 0.174. The van der Waals surface area contributed by atoms with Gasteiger partial charge in [0.25, 0.3) is 5.56 Å². The number of H-pyrrole nitrogens is 1. The van der Waals surface area contributed by atoms with Gasteiger partial charge in [-0.25, -0.2) is 4.98 Å². The standard InChI is InChI=1S/C18H15N3O4/c1-23-13-4-2-3-12(8-13)19-18-20-14(9-17(22)21-18)11-5-6-15-16(7-11)25-10-24-15/h2-9H,10H2,1H3,(H2,19,20,21,22). The molecule has 2 aromatic carbocycles. The molecule has 0 saturated heterocycles. The summed E-state index contributed by atoms with van der Waals surface area (Å²) in [6.45, 7) is 0.199. The molecule has 0 saturated carbocycles. The summed E-state index contributed by atoms with van der Waals surface area (Å²) in [5, 5.41) is 3.08. The second-order valence-corrected chi connectivity index (χ2v) is 5.40. The number of fused-ring (bicyclic) bond motifs is 1. The van der Waals surface area contributed by atoms with Crippen LogP contribution in [0.25, 0.3) is 11.3 Å². The normalized spacial score (nSPS) is 12.0. The molecule has 0 atom stereocenters. The van der Waals surface area contributed by atoms with Crippen molar-refractivity contribution in [2.24, 2.45) is 0 Å². The van der Waals surface area contributed by atoms with Crippen molar-refractivity contribution in [1.82, 2.24) is 9.97 Å². The van der Waals surface area contributed by atoms with E-state index >= 15 is 0 Å². The summed E-state index contributed by atoms with van der Waals surface area (Å²) >= 11 is 0. The van der Waals surface area contributed by atoms with Crippen molar-refractivity contribution in [3.63, 3.8) is 0 Å². The second-order valence-electron chi connectivity index (χ2n) is 5.40. The van der Waals surface area contributed by atoms with Gasteiger partial charge in [-0.3, -0.25) is 9.78 Å². The number of methoxy groups -OCH3 is 1. The molecular formula is C18H15N3O4. The van der Waals surface area contributed by atoms with Crippen molar-refractivity contribution in [2.45, 2.75) is 0 Å². The van der Waals surface area contributed by atoms with Gasteiger partial charge in [-0.15, -0.1) is 0 Å². The zero-order chi connectivity index (χ0) is 17.2. The van der Waals surface area contributed by atoms with Gasteiger partial charge in [0.2, 0.25) is 12.7 Å². The summed E-state index contributed by atoms with van der Waals surface area (Å²) in [7, 11) is 1.60. The van der Waals surface area contributed by atoms with Gasteiger partial charge in [0.1, 0.15) is 5.75 Å². The maximum atomic E-state index is 12.0. The minimum atomic E-state index is -0.256. The van der Waals surface area contributed by atoms with Crippen molar-refractivity contribution < 1.29 is 14.2 Å². The third-order valence-electron chi connectivity index (χ3n) is 3.74. The fraction of sp³-hybridized carbons (Fsp3) is 0.111. The van der Waals surface area contributed by atoms with Gasteiger partial charge >= 0.3 is 0 Å². The molecule has 1 aliphatic rings. The van der Waals surface area contributed by atoms with Crippen LogP contribution in [0.5, 0.6) is 17.2 Å². The van der Waals surface area contributed by atoms with E-state index in [1.165, 1.54) is 6.07 Å². The molecular weight excluding hydrogens is 322 g/mol. The highest BCUT2D eigenvalue weighted by Crippen LogP contribution is 2.35. The summed E-state index contributed by atoms with van der Waals surface area (Å²) in [4.78, 5) is 19.2. The molecule has 0 unspecified atom stereocenters. The summed E-state index contributed by atoms with van der Waals surface area (Å²) in [6, 6.07) is 14.2. The van der Waals surface area contributed by atoms with Crippen LogP contribution < -0.4 is 25.1 Å². The van der Waals surface area contributed by atoms with Crippen LogP contribution in [-0.2, 0) is 0 Å². The van der Waals surface area contributed by atoms with Crippen LogP contribution in [0, 0.1) is 0 Å². The molecule has 1 aromatic heterocycles. The average Bonchev–Trinajstić information content (AvgIpc) is 3.09. The molecule has 2 heterocycles. The van der Waals surface area contributed by atoms with E-state index in [0.717, 1.165) is 11.3 Å². The maximum absolute atomic E-state index is 12.0. The average molecular weight is 337 g/mol. The minimum absolute atomic E-state index is 0.199. The first-order valence-corrected chi connectivity index (χ1v) is 7.64. The fourth-order valence-electron chi connectivity index (χ4n) is 2.56. The predicted octanol–water partition coefficient (Wildman–Crippen LogP) is 2.92. The zero-order valence-corrected chi connectivity index (χ0v) is 13.4. The van der Waals surface area contributed by atoms with Gasteiger partial charge in [-0.2, -0.15) is 0 Å². The van der Waals surface area contributed by atoms with Crippen LogP contribution in [0.4, 0.5) is 11.6 Å². The van der Waals surface area contributed by atoms with Crippen LogP contribution in [0.15, 0.2) is 53.3 Å². The van der Waals surface area contributed by atoms with E-state index in [2.05, 4.69) is 15.3 Å². The number of nitrogens with one attached hydrogen (secondary N) is 2. The Bertz CT molecular complexity index is 984. The SMILES string of the molecule is COc1cccc(Nc2nc(-c3ccc4c(c3)OCO4)cc(=O)[nH]2)c1. The Labute approximate surface area is 143 Å². The predicted molar refractivity (Wildman–Crippen MR) is 92.7 cm³/mol. The minimum Gasteiger partial charge on any atom is -0.497 e. The van der Waals surface area contributed by atoms with Crippen molar-refractivity contribution in [1.29, 1.82) is 0 Å². The highest BCUT2D eigenvalue weighted by molar-refractivity contribution is 5.66. The molecule has 0 aliphatic carbocycles. The van der Waals surface area contributed by atoms with E-state index in [1.807, 2.05) is 30.3 Å². The summed E-state index contributed by atoms with van der Waals surface area (Å²) in [6.07, 6.45) is 0. The molecule has 25 heavy (non-hydrogen) atoms.